The highest BCUT2D eigenvalue weighted by Crippen LogP contribution is 2.39. The van der Waals surface area contributed by atoms with E-state index in [4.69, 9.17) is 0 Å². The van der Waals surface area contributed by atoms with Gasteiger partial charge < -0.3 is 29.9 Å². The lowest BCUT2D eigenvalue weighted by molar-refractivity contribution is -0.138. The van der Waals surface area contributed by atoms with E-state index >= 15 is 4.39 Å². The number of piperidine rings is 3. The summed E-state index contributed by atoms with van der Waals surface area (Å²) in [6.45, 7) is 7.57. The number of carbonyl (C=O) groups excluding carboxylic acids is 3. The Hall–Kier alpha value is -5.09. The number of fused-ring (bicyclic) bond motifs is 2. The molecule has 0 aliphatic carbocycles. The van der Waals surface area contributed by atoms with Crippen molar-refractivity contribution in [3.05, 3.63) is 71.3 Å². The number of likely N-dealkylation sites (tertiary alicyclic amines) is 2. The first-order valence-corrected chi connectivity index (χ1v) is 20.9. The summed E-state index contributed by atoms with van der Waals surface area (Å²) >= 11 is 0. The van der Waals surface area contributed by atoms with Crippen molar-refractivity contribution in [1.82, 2.24) is 35.0 Å². The second-order valence-corrected chi connectivity index (χ2v) is 17.0. The van der Waals surface area contributed by atoms with Crippen LogP contribution < -0.4 is 15.5 Å². The number of carbonyl (C=O) groups is 3. The molecular weight excluding hydrogens is 767 g/mol. The molecule has 0 saturated carbocycles. The van der Waals surface area contributed by atoms with Crippen LogP contribution in [0, 0.1) is 17.7 Å². The van der Waals surface area contributed by atoms with Gasteiger partial charge in [0.25, 0.3) is 5.91 Å². The smallest absolute Gasteiger partial charge is 0.369 e. The molecule has 2 atom stereocenters. The summed E-state index contributed by atoms with van der Waals surface area (Å²) in [6, 6.07) is 9.66. The predicted molar refractivity (Wildman–Crippen MR) is 214 cm³/mol. The molecular formula is C43H49F4N9O3. The fraction of sp³-hybridized carbons (Fsp3) is 0.512. The summed E-state index contributed by atoms with van der Waals surface area (Å²) < 4.78 is 57.5. The third-order valence-electron chi connectivity index (χ3n) is 13.2. The number of H-pyrrole nitrogens is 1. The van der Waals surface area contributed by atoms with Crippen molar-refractivity contribution in [2.75, 3.05) is 62.6 Å². The maximum Gasteiger partial charge on any atom is 0.419 e. The zero-order valence-electron chi connectivity index (χ0n) is 32.9. The number of alkyl halides is 3. The number of aromatic amines is 1. The number of para-hydroxylation sites is 1. The van der Waals surface area contributed by atoms with E-state index in [1.807, 2.05) is 12.1 Å². The van der Waals surface area contributed by atoms with Crippen LogP contribution in [0.4, 0.5) is 29.2 Å². The van der Waals surface area contributed by atoms with Crippen molar-refractivity contribution < 1.29 is 31.9 Å². The Bertz CT molecular complexity index is 2230. The molecule has 1 unspecified atom stereocenters. The van der Waals surface area contributed by atoms with Gasteiger partial charge in [0.05, 0.1) is 11.4 Å². The summed E-state index contributed by atoms with van der Waals surface area (Å²) in [5.41, 5.74) is 1.66. The average Bonchev–Trinajstić information content (AvgIpc) is 3.94. The van der Waals surface area contributed by atoms with Crippen LogP contribution in [0.3, 0.4) is 0 Å². The molecule has 0 bridgehead atoms. The lowest BCUT2D eigenvalue weighted by Gasteiger charge is -2.38. The molecule has 4 aromatic rings. The number of rotatable bonds is 10. The quantitative estimate of drug-likeness (QED) is 0.130. The Morgan fingerprint density at radius 2 is 1.64 bits per heavy atom. The topological polar surface area (TPSA) is 130 Å². The first-order chi connectivity index (χ1) is 28.5. The third kappa shape index (κ3) is 8.25. The highest BCUT2D eigenvalue weighted by Gasteiger charge is 2.40. The number of nitrogens with one attached hydrogen (secondary N) is 3. The lowest BCUT2D eigenvalue weighted by atomic mass is 9.91. The van der Waals surface area contributed by atoms with Crippen LogP contribution in [0.15, 0.2) is 48.8 Å². The fourth-order valence-electron chi connectivity index (χ4n) is 9.83. The summed E-state index contributed by atoms with van der Waals surface area (Å²) in [4.78, 5) is 57.3. The third-order valence-corrected chi connectivity index (χ3v) is 13.2. The SMILES string of the molecule is O=C1CCC(N2Cc3cc(N4CCC(CN5CCC(CCN6CC[C@@H](Nc7ncc(C(F)(F)F)c(-c8c[nH]c9ccccc89)n7)C6)CC5)CC4)c(F)cc3C2=O)C(=O)N1. The second-order valence-electron chi connectivity index (χ2n) is 17.0. The van der Waals surface area contributed by atoms with Gasteiger partial charge in [-0.3, -0.25) is 19.7 Å². The molecule has 312 valence electrons. The average molecular weight is 816 g/mol. The van der Waals surface area contributed by atoms with Crippen LogP contribution in [-0.2, 0) is 22.3 Å². The van der Waals surface area contributed by atoms with Crippen molar-refractivity contribution in [3.8, 4) is 11.3 Å². The molecule has 12 nitrogen and oxygen atoms in total. The van der Waals surface area contributed by atoms with E-state index in [0.717, 1.165) is 103 Å². The van der Waals surface area contributed by atoms with Crippen molar-refractivity contribution in [1.29, 1.82) is 0 Å². The van der Waals surface area contributed by atoms with E-state index in [1.165, 1.54) is 11.0 Å². The number of hydrogen-bond donors (Lipinski definition) is 3. The molecule has 5 aliphatic rings. The molecule has 4 fully saturated rings. The number of nitrogens with zero attached hydrogens (tertiary/aromatic N) is 6. The van der Waals surface area contributed by atoms with Gasteiger partial charge in [-0.05, 0) is 100 Å². The summed E-state index contributed by atoms with van der Waals surface area (Å²) in [7, 11) is 0. The predicted octanol–water partition coefficient (Wildman–Crippen LogP) is 6.05. The molecule has 0 spiro atoms. The van der Waals surface area contributed by atoms with Gasteiger partial charge in [-0.1, -0.05) is 18.2 Å². The summed E-state index contributed by atoms with van der Waals surface area (Å²) in [5.74, 6) is -0.219. The van der Waals surface area contributed by atoms with Crippen molar-refractivity contribution in [3.63, 3.8) is 0 Å². The molecule has 59 heavy (non-hydrogen) atoms. The van der Waals surface area contributed by atoms with E-state index in [0.29, 0.717) is 39.6 Å². The minimum atomic E-state index is -4.59. The van der Waals surface area contributed by atoms with Gasteiger partial charge in [0.2, 0.25) is 17.8 Å². The molecule has 7 heterocycles. The molecule has 9 rings (SSSR count). The molecule has 0 radical (unpaired) electrons. The number of halogens is 4. The highest BCUT2D eigenvalue weighted by molar-refractivity contribution is 6.05. The summed E-state index contributed by atoms with van der Waals surface area (Å²) in [6.07, 6.45) is 4.53. The van der Waals surface area contributed by atoms with Gasteiger partial charge in [0.1, 0.15) is 17.4 Å². The van der Waals surface area contributed by atoms with E-state index < -0.39 is 29.5 Å². The molecule has 2 aromatic carbocycles. The Labute approximate surface area is 339 Å². The lowest BCUT2D eigenvalue weighted by Crippen LogP contribution is -2.52. The Morgan fingerprint density at radius 1 is 0.881 bits per heavy atom. The maximum atomic E-state index is 15.4. The largest absolute Gasteiger partial charge is 0.419 e. The highest BCUT2D eigenvalue weighted by atomic mass is 19.4. The first-order valence-electron chi connectivity index (χ1n) is 20.9. The number of imide groups is 1. The molecule has 16 heteroatoms. The molecule has 5 aliphatic heterocycles. The minimum absolute atomic E-state index is 0.0505. The Balaban J connectivity index is 0.711. The van der Waals surface area contributed by atoms with Gasteiger partial charge in [-0.2, -0.15) is 13.2 Å². The van der Waals surface area contributed by atoms with E-state index in [-0.39, 0.29) is 48.9 Å². The van der Waals surface area contributed by atoms with Gasteiger partial charge in [0, 0.05) is 86.2 Å². The number of anilines is 2. The molecule has 3 amide bonds. The zero-order chi connectivity index (χ0) is 40.8. The van der Waals surface area contributed by atoms with E-state index in [9.17, 15) is 27.6 Å². The molecule has 3 N–H and O–H groups in total. The Kier molecular flexibility index (Phi) is 10.8. The summed E-state index contributed by atoms with van der Waals surface area (Å²) in [5, 5.41) is 6.31. The van der Waals surface area contributed by atoms with E-state index in [1.54, 1.807) is 24.4 Å². The normalized spacial score (nSPS) is 22.7. The van der Waals surface area contributed by atoms with Crippen LogP contribution in [0.25, 0.3) is 22.2 Å². The number of hydrogen-bond acceptors (Lipinski definition) is 9. The van der Waals surface area contributed by atoms with E-state index in [2.05, 4.69) is 40.3 Å². The maximum absolute atomic E-state index is 15.4. The molecule has 2 aromatic heterocycles. The van der Waals surface area contributed by atoms with Crippen LogP contribution in [-0.4, -0.2) is 112 Å². The van der Waals surface area contributed by atoms with Gasteiger partial charge in [-0.25, -0.2) is 14.4 Å². The fourth-order valence-corrected chi connectivity index (χ4v) is 9.83. The van der Waals surface area contributed by atoms with Gasteiger partial charge in [0.15, 0.2) is 0 Å². The Morgan fingerprint density at radius 3 is 2.42 bits per heavy atom. The standard InChI is InChI=1S/C43H49F4N9O3/c44-34-20-31-28(24-56(41(31)59)36-5-6-38(57)51-40(36)58)19-37(34)55-17-10-27(11-18-55)23-53-13-7-26(8-14-53)9-15-54-16-12-29(25-54)50-42-49-22-33(43(45,46)47)39(52-42)32-21-48-35-4-2-1-3-30(32)35/h1-4,19-22,26-27,29,36,48H,5-18,23-25H2,(H,49,50,52)(H,51,57,58)/t29-,36?/m1/s1. The number of amides is 3. The van der Waals surface area contributed by atoms with Crippen LogP contribution in [0.1, 0.15) is 72.9 Å². The second kappa shape index (κ2) is 16.2. The van der Waals surface area contributed by atoms with Gasteiger partial charge >= 0.3 is 6.18 Å². The van der Waals surface area contributed by atoms with Crippen molar-refractivity contribution in [2.24, 2.45) is 11.8 Å². The van der Waals surface area contributed by atoms with Crippen LogP contribution in [0.5, 0.6) is 0 Å². The van der Waals surface area contributed by atoms with Crippen molar-refractivity contribution in [2.45, 2.75) is 76.2 Å². The molecule has 4 saturated heterocycles. The number of benzene rings is 2. The van der Waals surface area contributed by atoms with Gasteiger partial charge in [-0.15, -0.1) is 0 Å². The van der Waals surface area contributed by atoms with Crippen LogP contribution >= 0.6 is 0 Å². The monoisotopic (exact) mass is 815 g/mol. The minimum Gasteiger partial charge on any atom is -0.369 e. The number of aromatic nitrogens is 3. The zero-order valence-corrected chi connectivity index (χ0v) is 32.9. The van der Waals surface area contributed by atoms with Crippen molar-refractivity contribution >= 4 is 40.3 Å². The van der Waals surface area contributed by atoms with Crippen LogP contribution in [0.2, 0.25) is 0 Å². The first kappa shape index (κ1) is 39.4.